The van der Waals surface area contributed by atoms with Crippen molar-refractivity contribution in [2.75, 3.05) is 18.0 Å². The quantitative estimate of drug-likeness (QED) is 0.860. The molecule has 1 unspecified atom stereocenters. The van der Waals surface area contributed by atoms with Crippen LogP contribution in [0.15, 0.2) is 29.5 Å². The predicted molar refractivity (Wildman–Crippen MR) is 81.9 cm³/mol. The van der Waals surface area contributed by atoms with Crippen LogP contribution in [-0.2, 0) is 12.7 Å². The maximum Gasteiger partial charge on any atom is 0.435 e. The number of alkyl halides is 3. The zero-order valence-electron chi connectivity index (χ0n) is 13.2. The number of nitrogens with zero attached hydrogens (tertiary/aromatic N) is 5. The Morgan fingerprint density at radius 1 is 1.33 bits per heavy atom. The van der Waals surface area contributed by atoms with E-state index >= 15 is 0 Å². The highest BCUT2D eigenvalue weighted by atomic mass is 19.4. The van der Waals surface area contributed by atoms with Crippen molar-refractivity contribution in [2.45, 2.75) is 38.5 Å². The first-order valence-electron chi connectivity index (χ1n) is 7.83. The fourth-order valence-corrected chi connectivity index (χ4v) is 2.96. The second kappa shape index (κ2) is 6.29. The van der Waals surface area contributed by atoms with Gasteiger partial charge in [0.15, 0.2) is 11.5 Å². The number of hydrogen-bond acceptors (Lipinski definition) is 4. The van der Waals surface area contributed by atoms with E-state index in [-0.39, 0.29) is 11.6 Å². The van der Waals surface area contributed by atoms with Crippen LogP contribution in [0.25, 0.3) is 0 Å². The van der Waals surface area contributed by atoms with Crippen LogP contribution >= 0.6 is 0 Å². The molecule has 1 aliphatic heterocycles. The Bertz CT molecular complexity index is 767. The molecule has 2 aromatic heterocycles. The van der Waals surface area contributed by atoms with Gasteiger partial charge in [-0.05, 0) is 25.8 Å². The van der Waals surface area contributed by atoms with Crippen LogP contribution in [0, 0.1) is 0 Å². The van der Waals surface area contributed by atoms with Gasteiger partial charge in [0, 0.05) is 38.2 Å². The second-order valence-corrected chi connectivity index (χ2v) is 5.76. The molecule has 1 aliphatic rings. The van der Waals surface area contributed by atoms with Gasteiger partial charge in [-0.15, -0.1) is 0 Å². The molecule has 0 radical (unpaired) electrons. The van der Waals surface area contributed by atoms with Gasteiger partial charge >= 0.3 is 6.18 Å². The topological polar surface area (TPSA) is 56.0 Å². The molecule has 0 bridgehead atoms. The van der Waals surface area contributed by atoms with Gasteiger partial charge in [-0.2, -0.15) is 18.3 Å². The average Bonchev–Trinajstić information content (AvgIpc) is 3.05. The fourth-order valence-electron chi connectivity index (χ4n) is 2.96. The molecule has 3 heterocycles. The first-order chi connectivity index (χ1) is 11.4. The van der Waals surface area contributed by atoms with E-state index < -0.39 is 11.9 Å². The molecule has 9 heteroatoms. The summed E-state index contributed by atoms with van der Waals surface area (Å²) in [6, 6.07) is 0.760. The minimum Gasteiger partial charge on any atom is -0.350 e. The van der Waals surface area contributed by atoms with Crippen molar-refractivity contribution in [1.29, 1.82) is 0 Å². The summed E-state index contributed by atoms with van der Waals surface area (Å²) in [5.41, 5.74) is -1.08. The Kier molecular flexibility index (Phi) is 4.33. The third kappa shape index (κ3) is 3.15. The summed E-state index contributed by atoms with van der Waals surface area (Å²) in [6.07, 6.45) is 1.56. The van der Waals surface area contributed by atoms with Gasteiger partial charge in [-0.25, -0.2) is 4.98 Å². The number of rotatable bonds is 3. The van der Waals surface area contributed by atoms with Crippen LogP contribution in [0.5, 0.6) is 0 Å². The van der Waals surface area contributed by atoms with Gasteiger partial charge in [0.1, 0.15) is 0 Å². The van der Waals surface area contributed by atoms with Crippen molar-refractivity contribution in [3.63, 3.8) is 0 Å². The van der Waals surface area contributed by atoms with E-state index in [1.807, 2.05) is 11.8 Å². The fraction of sp³-hybridized carbons (Fsp3) is 0.533. The van der Waals surface area contributed by atoms with Gasteiger partial charge in [-0.1, -0.05) is 0 Å². The number of piperidine rings is 1. The Morgan fingerprint density at radius 3 is 2.79 bits per heavy atom. The molecule has 1 fully saturated rings. The molecule has 0 spiro atoms. The summed E-state index contributed by atoms with van der Waals surface area (Å²) >= 11 is 0. The molecule has 130 valence electrons. The van der Waals surface area contributed by atoms with Gasteiger partial charge in [0.05, 0.1) is 6.04 Å². The van der Waals surface area contributed by atoms with Crippen LogP contribution in [0.4, 0.5) is 19.0 Å². The smallest absolute Gasteiger partial charge is 0.350 e. The average molecular weight is 341 g/mol. The number of aryl methyl sites for hydroxylation is 1. The summed E-state index contributed by atoms with van der Waals surface area (Å²) < 4.78 is 41.0. The normalized spacial score (nSPS) is 18.8. The van der Waals surface area contributed by atoms with E-state index in [9.17, 15) is 18.0 Å². The molecule has 3 rings (SSSR count). The van der Waals surface area contributed by atoms with E-state index in [4.69, 9.17) is 0 Å². The minimum absolute atomic E-state index is 0.183. The lowest BCUT2D eigenvalue weighted by molar-refractivity contribution is -0.141. The van der Waals surface area contributed by atoms with E-state index in [0.29, 0.717) is 31.9 Å². The number of hydrogen-bond donors (Lipinski definition) is 0. The highest BCUT2D eigenvalue weighted by Crippen LogP contribution is 2.29. The molecule has 0 aromatic carbocycles. The molecule has 1 atom stereocenters. The number of halogens is 3. The summed E-state index contributed by atoms with van der Waals surface area (Å²) in [4.78, 5) is 18.4. The minimum atomic E-state index is -4.45. The van der Waals surface area contributed by atoms with E-state index in [1.54, 1.807) is 17.0 Å². The number of anilines is 1. The summed E-state index contributed by atoms with van der Waals surface area (Å²) in [5, 5.41) is 3.65. The summed E-state index contributed by atoms with van der Waals surface area (Å²) in [5.74, 6) is 0.340. The van der Waals surface area contributed by atoms with E-state index in [0.717, 1.165) is 12.5 Å². The van der Waals surface area contributed by atoms with Gasteiger partial charge < -0.3 is 9.47 Å². The molecule has 0 aliphatic carbocycles. The van der Waals surface area contributed by atoms with Crippen molar-refractivity contribution in [3.8, 4) is 0 Å². The molecular weight excluding hydrogens is 323 g/mol. The maximum absolute atomic E-state index is 12.7. The maximum atomic E-state index is 12.7. The van der Waals surface area contributed by atoms with Crippen LogP contribution in [0.1, 0.15) is 31.5 Å². The Labute approximate surface area is 136 Å². The van der Waals surface area contributed by atoms with Crippen LogP contribution in [-0.4, -0.2) is 32.4 Å². The van der Waals surface area contributed by atoms with Crippen LogP contribution in [0.2, 0.25) is 0 Å². The standard InChI is InChI=1S/C15H18F3N5O/c1-2-21-9-6-19-13(14(21)24)22-7-3-4-11(10-22)23-8-5-12(20-23)15(16,17)18/h5-6,8-9,11H,2-4,7,10H2,1H3. The molecule has 0 amide bonds. The lowest BCUT2D eigenvalue weighted by atomic mass is 10.1. The predicted octanol–water partition coefficient (Wildman–Crippen LogP) is 2.32. The SMILES string of the molecule is CCn1ccnc(N2CCCC(n3ccc(C(F)(F)F)n3)C2)c1=O. The zero-order chi connectivity index (χ0) is 17.3. The Balaban J connectivity index is 1.82. The van der Waals surface area contributed by atoms with Gasteiger partial charge in [-0.3, -0.25) is 9.48 Å². The third-order valence-corrected chi connectivity index (χ3v) is 4.21. The molecule has 6 nitrogen and oxygen atoms in total. The molecule has 24 heavy (non-hydrogen) atoms. The van der Waals surface area contributed by atoms with E-state index in [2.05, 4.69) is 10.1 Å². The molecule has 0 N–H and O–H groups in total. The van der Waals surface area contributed by atoms with Crippen molar-refractivity contribution in [1.82, 2.24) is 19.3 Å². The summed E-state index contributed by atoms with van der Waals surface area (Å²) in [6.45, 7) is 3.47. The first-order valence-corrected chi connectivity index (χ1v) is 7.83. The molecule has 0 saturated carbocycles. The second-order valence-electron chi connectivity index (χ2n) is 5.76. The first kappa shape index (κ1) is 16.5. The molecule has 1 saturated heterocycles. The summed E-state index contributed by atoms with van der Waals surface area (Å²) in [7, 11) is 0. The van der Waals surface area contributed by atoms with Crippen LogP contribution in [0.3, 0.4) is 0 Å². The van der Waals surface area contributed by atoms with Gasteiger partial charge in [0.25, 0.3) is 5.56 Å². The molecule has 2 aromatic rings. The zero-order valence-corrected chi connectivity index (χ0v) is 13.2. The monoisotopic (exact) mass is 341 g/mol. The van der Waals surface area contributed by atoms with E-state index in [1.165, 1.54) is 10.9 Å². The van der Waals surface area contributed by atoms with Crippen molar-refractivity contribution < 1.29 is 13.2 Å². The van der Waals surface area contributed by atoms with Crippen molar-refractivity contribution in [2.24, 2.45) is 0 Å². The number of aromatic nitrogens is 4. The Hall–Kier alpha value is -2.32. The highest BCUT2D eigenvalue weighted by Gasteiger charge is 2.34. The van der Waals surface area contributed by atoms with Gasteiger partial charge in [0.2, 0.25) is 0 Å². The lowest BCUT2D eigenvalue weighted by Crippen LogP contribution is -2.41. The van der Waals surface area contributed by atoms with Crippen molar-refractivity contribution >= 4 is 5.82 Å². The largest absolute Gasteiger partial charge is 0.435 e. The lowest BCUT2D eigenvalue weighted by Gasteiger charge is -2.33. The highest BCUT2D eigenvalue weighted by molar-refractivity contribution is 5.36. The Morgan fingerprint density at radius 2 is 2.12 bits per heavy atom. The third-order valence-electron chi connectivity index (χ3n) is 4.21. The van der Waals surface area contributed by atoms with Crippen molar-refractivity contribution in [3.05, 3.63) is 40.7 Å². The molecular formula is C15H18F3N5O. The van der Waals surface area contributed by atoms with Crippen LogP contribution < -0.4 is 10.5 Å².